The molecule has 10 nitrogen and oxygen atoms in total. The molecule has 1 aliphatic rings. The van der Waals surface area contributed by atoms with E-state index in [1.54, 1.807) is 6.07 Å². The fourth-order valence-electron chi connectivity index (χ4n) is 3.55. The molecule has 35 heavy (non-hydrogen) atoms. The summed E-state index contributed by atoms with van der Waals surface area (Å²) in [6.45, 7) is 0.170. The van der Waals surface area contributed by atoms with Crippen molar-refractivity contribution < 1.29 is 41.4 Å². The van der Waals surface area contributed by atoms with Gasteiger partial charge in [0.05, 0.1) is 20.1 Å². The van der Waals surface area contributed by atoms with Crippen LogP contribution in [0.2, 0.25) is 0 Å². The Morgan fingerprint density at radius 3 is 2.46 bits per heavy atom. The van der Waals surface area contributed by atoms with Crippen LogP contribution in [0.15, 0.2) is 46.9 Å². The number of alkyl halides is 3. The second kappa shape index (κ2) is 9.52. The molecule has 0 saturated carbocycles. The zero-order chi connectivity index (χ0) is 25.2. The topological polar surface area (TPSA) is 116 Å². The van der Waals surface area contributed by atoms with E-state index in [1.807, 2.05) is 0 Å². The number of carbonyl (C=O) groups is 2. The molecule has 1 aliphatic heterocycles. The molecule has 2 amide bonds. The van der Waals surface area contributed by atoms with E-state index in [9.17, 15) is 22.8 Å². The van der Waals surface area contributed by atoms with Crippen LogP contribution in [-0.2, 0) is 4.79 Å². The van der Waals surface area contributed by atoms with Gasteiger partial charge in [-0.1, -0.05) is 5.10 Å². The first-order valence-electron chi connectivity index (χ1n) is 10.2. The van der Waals surface area contributed by atoms with Gasteiger partial charge >= 0.3 is 12.4 Å². The maximum atomic E-state index is 12.5. The van der Waals surface area contributed by atoms with Gasteiger partial charge in [0, 0.05) is 24.2 Å². The molecule has 1 atom stereocenters. The highest BCUT2D eigenvalue weighted by molar-refractivity contribution is 6.03. The molecule has 0 unspecified atom stereocenters. The first kappa shape index (κ1) is 23.9. The Hall–Kier alpha value is -4.29. The van der Waals surface area contributed by atoms with Crippen LogP contribution in [0, 0.1) is 0 Å². The van der Waals surface area contributed by atoms with Crippen molar-refractivity contribution >= 4 is 23.5 Å². The zero-order valence-electron chi connectivity index (χ0n) is 18.5. The van der Waals surface area contributed by atoms with E-state index in [0.717, 1.165) is 12.1 Å². The number of benzene rings is 2. The smallest absolute Gasteiger partial charge is 0.493 e. The molecule has 3 aromatic rings. The first-order chi connectivity index (χ1) is 16.7. The normalized spacial score (nSPS) is 15.7. The van der Waals surface area contributed by atoms with Crippen molar-refractivity contribution in [2.24, 2.45) is 0 Å². The summed E-state index contributed by atoms with van der Waals surface area (Å²) >= 11 is 0. The van der Waals surface area contributed by atoms with Crippen molar-refractivity contribution in [3.63, 3.8) is 0 Å². The van der Waals surface area contributed by atoms with Gasteiger partial charge in [-0.3, -0.25) is 14.9 Å². The monoisotopic (exact) mass is 492 g/mol. The van der Waals surface area contributed by atoms with Crippen molar-refractivity contribution in [3.05, 3.63) is 53.9 Å². The van der Waals surface area contributed by atoms with E-state index in [1.165, 1.54) is 43.4 Å². The van der Waals surface area contributed by atoms with Gasteiger partial charge in [-0.2, -0.15) is 0 Å². The van der Waals surface area contributed by atoms with Gasteiger partial charge in [-0.05, 0) is 42.5 Å². The van der Waals surface area contributed by atoms with Gasteiger partial charge in [0.1, 0.15) is 5.75 Å². The van der Waals surface area contributed by atoms with Gasteiger partial charge in [0.25, 0.3) is 5.91 Å². The number of nitrogens with zero attached hydrogens (tertiary/aromatic N) is 3. The lowest BCUT2D eigenvalue weighted by Crippen LogP contribution is -2.24. The van der Waals surface area contributed by atoms with Crippen molar-refractivity contribution in [1.82, 2.24) is 10.2 Å². The van der Waals surface area contributed by atoms with E-state index in [-0.39, 0.29) is 36.3 Å². The minimum Gasteiger partial charge on any atom is -0.493 e. The highest BCUT2D eigenvalue weighted by Crippen LogP contribution is 2.33. The van der Waals surface area contributed by atoms with Crippen molar-refractivity contribution in [2.75, 3.05) is 31.0 Å². The van der Waals surface area contributed by atoms with E-state index in [4.69, 9.17) is 13.9 Å². The molecule has 1 fully saturated rings. The summed E-state index contributed by atoms with van der Waals surface area (Å²) in [5, 5.41) is 10.2. The largest absolute Gasteiger partial charge is 0.573 e. The highest BCUT2D eigenvalue weighted by Gasteiger charge is 2.35. The highest BCUT2D eigenvalue weighted by atomic mass is 19.4. The number of aromatic nitrogens is 2. The lowest BCUT2D eigenvalue weighted by molar-refractivity contribution is -0.274. The molecule has 2 heterocycles. The lowest BCUT2D eigenvalue weighted by Gasteiger charge is -2.17. The molecule has 0 spiro atoms. The Bertz CT molecular complexity index is 1230. The number of hydrogen-bond acceptors (Lipinski definition) is 8. The molecule has 13 heteroatoms. The van der Waals surface area contributed by atoms with Crippen molar-refractivity contribution in [3.8, 4) is 17.2 Å². The SMILES string of the molecule is COc1ccc(C(=O)Nc2nnc([C@@H]3CC(=O)N(c4ccc(OC(F)(F)F)cc4)C3)o2)cc1OC. The Morgan fingerprint density at radius 2 is 1.80 bits per heavy atom. The maximum Gasteiger partial charge on any atom is 0.573 e. The third kappa shape index (κ3) is 5.45. The van der Waals surface area contributed by atoms with E-state index in [0.29, 0.717) is 17.2 Å². The molecule has 0 radical (unpaired) electrons. The molecular weight excluding hydrogens is 473 g/mol. The Balaban J connectivity index is 1.41. The zero-order valence-corrected chi connectivity index (χ0v) is 18.5. The lowest BCUT2D eigenvalue weighted by atomic mass is 10.1. The van der Waals surface area contributed by atoms with Gasteiger partial charge < -0.3 is 23.5 Å². The van der Waals surface area contributed by atoms with Gasteiger partial charge in [-0.15, -0.1) is 18.3 Å². The van der Waals surface area contributed by atoms with Crippen LogP contribution in [0.3, 0.4) is 0 Å². The van der Waals surface area contributed by atoms with Crippen molar-refractivity contribution in [2.45, 2.75) is 18.7 Å². The number of amides is 2. The van der Waals surface area contributed by atoms with Crippen LogP contribution in [-0.4, -0.2) is 49.1 Å². The number of ether oxygens (including phenoxy) is 3. The van der Waals surface area contributed by atoms with E-state index < -0.39 is 23.9 Å². The summed E-state index contributed by atoms with van der Waals surface area (Å²) in [5.41, 5.74) is 0.663. The summed E-state index contributed by atoms with van der Waals surface area (Å²) in [6.07, 6.45) is -4.76. The average Bonchev–Trinajstić information content (AvgIpc) is 3.44. The molecule has 2 aromatic carbocycles. The third-order valence-corrected chi connectivity index (χ3v) is 5.16. The standard InChI is InChI=1S/C22H19F3N4O6/c1-32-16-8-3-12(9-17(16)33-2)19(31)26-21-28-27-20(34-21)13-10-18(30)29(11-13)14-4-6-15(7-5-14)35-22(23,24)25/h3-9,13H,10-11H2,1-2H3,(H,26,28,31)/t13-/m1/s1. The predicted octanol–water partition coefficient (Wildman–Crippen LogP) is 3.76. The number of hydrogen-bond donors (Lipinski definition) is 1. The summed E-state index contributed by atoms with van der Waals surface area (Å²) in [7, 11) is 2.92. The first-order valence-corrected chi connectivity index (χ1v) is 10.2. The van der Waals surface area contributed by atoms with Crippen LogP contribution in [0.4, 0.5) is 24.9 Å². The number of halogens is 3. The molecular formula is C22H19F3N4O6. The van der Waals surface area contributed by atoms with E-state index in [2.05, 4.69) is 20.3 Å². The van der Waals surface area contributed by atoms with E-state index >= 15 is 0 Å². The number of carbonyl (C=O) groups excluding carboxylic acids is 2. The molecule has 0 bridgehead atoms. The molecule has 184 valence electrons. The van der Waals surface area contributed by atoms with Crippen LogP contribution >= 0.6 is 0 Å². The number of methoxy groups -OCH3 is 2. The minimum atomic E-state index is -4.80. The number of nitrogens with one attached hydrogen (secondary N) is 1. The van der Waals surface area contributed by atoms with Crippen LogP contribution in [0.5, 0.6) is 17.2 Å². The van der Waals surface area contributed by atoms with Crippen LogP contribution in [0.25, 0.3) is 0 Å². The van der Waals surface area contributed by atoms with Gasteiger partial charge in [-0.25, -0.2) is 0 Å². The fraction of sp³-hybridized carbons (Fsp3) is 0.273. The molecule has 1 saturated heterocycles. The second-order valence-electron chi connectivity index (χ2n) is 7.42. The third-order valence-electron chi connectivity index (χ3n) is 5.16. The molecule has 1 aromatic heterocycles. The van der Waals surface area contributed by atoms with Crippen LogP contribution < -0.4 is 24.4 Å². The fourth-order valence-corrected chi connectivity index (χ4v) is 3.55. The summed E-state index contributed by atoms with van der Waals surface area (Å²) in [6, 6.07) is 9.40. The Labute approximate surface area is 196 Å². The molecule has 1 N–H and O–H groups in total. The predicted molar refractivity (Wildman–Crippen MR) is 115 cm³/mol. The molecule has 0 aliphatic carbocycles. The minimum absolute atomic E-state index is 0.0477. The average molecular weight is 492 g/mol. The number of rotatable bonds is 7. The van der Waals surface area contributed by atoms with Crippen molar-refractivity contribution in [1.29, 1.82) is 0 Å². The molecule has 4 rings (SSSR count). The Morgan fingerprint density at radius 1 is 1.09 bits per heavy atom. The summed E-state index contributed by atoms with van der Waals surface area (Å²) in [5.74, 6) is -0.680. The quantitative estimate of drug-likeness (QED) is 0.530. The summed E-state index contributed by atoms with van der Waals surface area (Å²) in [4.78, 5) is 26.4. The second-order valence-corrected chi connectivity index (χ2v) is 7.42. The summed E-state index contributed by atoms with van der Waals surface area (Å²) < 4.78 is 56.7. The Kier molecular flexibility index (Phi) is 6.49. The van der Waals surface area contributed by atoms with Gasteiger partial charge in [0.2, 0.25) is 11.8 Å². The number of anilines is 2. The van der Waals surface area contributed by atoms with Crippen LogP contribution in [0.1, 0.15) is 28.6 Å². The maximum absolute atomic E-state index is 12.5. The van der Waals surface area contributed by atoms with Gasteiger partial charge in [0.15, 0.2) is 11.5 Å².